The van der Waals surface area contributed by atoms with Gasteiger partial charge in [0.15, 0.2) is 0 Å². The zero-order valence-corrected chi connectivity index (χ0v) is 36.9. The van der Waals surface area contributed by atoms with E-state index in [9.17, 15) is 19.4 Å². The summed E-state index contributed by atoms with van der Waals surface area (Å²) >= 11 is 0. The molecule has 0 spiro atoms. The number of amides is 1. The smallest absolute Gasteiger partial charge is 0.387 e. The van der Waals surface area contributed by atoms with Crippen LogP contribution in [0.3, 0.4) is 0 Å². The van der Waals surface area contributed by atoms with Crippen LogP contribution in [-0.2, 0) is 18.4 Å². The van der Waals surface area contributed by atoms with E-state index >= 15 is 0 Å². The molecule has 0 aromatic rings. The highest BCUT2D eigenvalue weighted by molar-refractivity contribution is 7.47. The summed E-state index contributed by atoms with van der Waals surface area (Å²) in [5.74, 6) is -0.199. The van der Waals surface area contributed by atoms with Crippen molar-refractivity contribution in [1.29, 1.82) is 0 Å². The fraction of sp³-hybridized carbons (Fsp3) is 0.844. The lowest BCUT2D eigenvalue weighted by molar-refractivity contribution is -0.870. The number of aliphatic hydroxyl groups excluding tert-OH is 1. The summed E-state index contributed by atoms with van der Waals surface area (Å²) in [5.41, 5.74) is 0. The third kappa shape index (κ3) is 39.0. The molecule has 0 rings (SSSR count). The lowest BCUT2D eigenvalue weighted by Crippen LogP contribution is -2.45. The Morgan fingerprint density at radius 1 is 0.611 bits per heavy atom. The van der Waals surface area contributed by atoms with Crippen LogP contribution >= 0.6 is 7.82 Å². The first-order chi connectivity index (χ1) is 26.0. The molecule has 3 unspecified atom stereocenters. The number of carbonyl (C=O) groups excluding carboxylic acids is 1. The minimum absolute atomic E-state index is 0.0540. The maximum atomic E-state index is 12.7. The van der Waals surface area contributed by atoms with Gasteiger partial charge in [-0.2, -0.15) is 0 Å². The number of phosphoric ester groups is 1. The maximum Gasteiger partial charge on any atom is 0.472 e. The molecule has 0 aromatic carbocycles. The predicted molar refractivity (Wildman–Crippen MR) is 231 cm³/mol. The molecule has 0 fully saturated rings. The van der Waals surface area contributed by atoms with Crippen molar-refractivity contribution in [3.63, 3.8) is 0 Å². The molecule has 0 radical (unpaired) electrons. The SMILES string of the molecule is CCCCCCCCCCCCCCCCC/C=C/CC/C=C/CC/C=C/C(O)C(COP(=O)(O)OCC[N+](C)(C)C)NC(=O)CCCCCCCCC. The standard InChI is InChI=1S/C45H87N2O6P/c1-6-8-10-12-14-15-16-17-18-19-20-21-22-23-24-25-26-27-28-29-30-31-33-34-36-38-44(48)43(42-53-54(50,51)52-41-40-47(3,4)5)46-45(49)39-37-35-32-13-11-9-7-2/h26-27,30-31,36,38,43-44,48H,6-25,28-29,32-35,37,39-42H2,1-5H3,(H-,46,49,50,51)/p+1/b27-26+,31-30+,38-36+. The maximum absolute atomic E-state index is 12.7. The number of phosphoric acid groups is 1. The molecule has 3 atom stereocenters. The summed E-state index contributed by atoms with van der Waals surface area (Å²) in [5, 5.41) is 13.7. The van der Waals surface area contributed by atoms with Crippen LogP contribution in [0.25, 0.3) is 0 Å². The Morgan fingerprint density at radius 3 is 1.48 bits per heavy atom. The number of quaternary nitrogens is 1. The van der Waals surface area contributed by atoms with Gasteiger partial charge in [0.1, 0.15) is 13.2 Å². The van der Waals surface area contributed by atoms with E-state index in [4.69, 9.17) is 9.05 Å². The quantitative estimate of drug-likeness (QED) is 0.0247. The first-order valence-corrected chi connectivity index (χ1v) is 23.9. The zero-order valence-electron chi connectivity index (χ0n) is 36.0. The lowest BCUT2D eigenvalue weighted by atomic mass is 10.0. The molecule has 0 bridgehead atoms. The summed E-state index contributed by atoms with van der Waals surface area (Å²) in [6, 6.07) is -0.863. The van der Waals surface area contributed by atoms with Gasteiger partial charge in [0.2, 0.25) is 5.91 Å². The molecule has 54 heavy (non-hydrogen) atoms. The minimum atomic E-state index is -4.34. The lowest BCUT2D eigenvalue weighted by Gasteiger charge is -2.25. The number of rotatable bonds is 40. The molecule has 9 heteroatoms. The van der Waals surface area contributed by atoms with Gasteiger partial charge >= 0.3 is 7.82 Å². The molecule has 3 N–H and O–H groups in total. The largest absolute Gasteiger partial charge is 0.472 e. The molecule has 0 aliphatic heterocycles. The normalized spacial score (nSPS) is 14.7. The van der Waals surface area contributed by atoms with Crippen molar-refractivity contribution in [2.45, 2.75) is 206 Å². The molecular formula is C45H88N2O6P+. The molecule has 0 aliphatic carbocycles. The third-order valence-electron chi connectivity index (χ3n) is 9.84. The summed E-state index contributed by atoms with van der Waals surface area (Å²) in [6.07, 6.45) is 45.4. The van der Waals surface area contributed by atoms with Crippen LogP contribution in [0.2, 0.25) is 0 Å². The van der Waals surface area contributed by atoms with Crippen LogP contribution in [0.1, 0.15) is 194 Å². The second-order valence-electron chi connectivity index (χ2n) is 16.4. The topological polar surface area (TPSA) is 105 Å². The highest BCUT2D eigenvalue weighted by Crippen LogP contribution is 2.43. The van der Waals surface area contributed by atoms with Gasteiger partial charge in [-0.15, -0.1) is 0 Å². The second kappa shape index (κ2) is 37.3. The van der Waals surface area contributed by atoms with Crippen molar-refractivity contribution in [3.8, 4) is 0 Å². The fourth-order valence-corrected chi connectivity index (χ4v) is 6.98. The number of nitrogens with one attached hydrogen (secondary N) is 1. The van der Waals surface area contributed by atoms with Crippen molar-refractivity contribution in [3.05, 3.63) is 36.5 Å². The van der Waals surface area contributed by atoms with Gasteiger partial charge in [0.25, 0.3) is 0 Å². The number of hydrogen-bond donors (Lipinski definition) is 3. The molecule has 8 nitrogen and oxygen atoms in total. The van der Waals surface area contributed by atoms with Crippen molar-refractivity contribution in [2.24, 2.45) is 0 Å². The van der Waals surface area contributed by atoms with E-state index in [1.807, 2.05) is 27.2 Å². The molecule has 0 aromatic heterocycles. The Bertz CT molecular complexity index is 980. The van der Waals surface area contributed by atoms with Gasteiger partial charge in [-0.25, -0.2) is 4.57 Å². The van der Waals surface area contributed by atoms with Crippen LogP contribution in [0.4, 0.5) is 0 Å². The van der Waals surface area contributed by atoms with Crippen LogP contribution in [0.5, 0.6) is 0 Å². The Labute approximate surface area is 334 Å². The summed E-state index contributed by atoms with van der Waals surface area (Å²) in [4.78, 5) is 22.9. The molecule has 0 saturated heterocycles. The van der Waals surface area contributed by atoms with Gasteiger partial charge in [0.05, 0.1) is 39.9 Å². The molecule has 0 aliphatic rings. The van der Waals surface area contributed by atoms with Gasteiger partial charge in [-0.1, -0.05) is 179 Å². The summed E-state index contributed by atoms with van der Waals surface area (Å²) < 4.78 is 23.4. The van der Waals surface area contributed by atoms with E-state index in [-0.39, 0.29) is 19.1 Å². The number of carbonyl (C=O) groups is 1. The Kier molecular flexibility index (Phi) is 36.4. The third-order valence-corrected chi connectivity index (χ3v) is 10.8. The van der Waals surface area contributed by atoms with E-state index in [1.54, 1.807) is 6.08 Å². The highest BCUT2D eigenvalue weighted by Gasteiger charge is 2.27. The molecular weight excluding hydrogens is 695 g/mol. The number of hydrogen-bond acceptors (Lipinski definition) is 5. The number of nitrogens with zero attached hydrogens (tertiary/aromatic N) is 1. The Hall–Kier alpha value is -1.28. The van der Waals surface area contributed by atoms with E-state index in [0.29, 0.717) is 17.4 Å². The number of allylic oxidation sites excluding steroid dienone is 5. The van der Waals surface area contributed by atoms with Crippen molar-refractivity contribution in [1.82, 2.24) is 5.32 Å². The highest BCUT2D eigenvalue weighted by atomic mass is 31.2. The molecule has 0 heterocycles. The number of likely N-dealkylation sites (N-methyl/N-ethyl adjacent to an activating group) is 1. The Morgan fingerprint density at radius 2 is 1.02 bits per heavy atom. The van der Waals surface area contributed by atoms with Crippen molar-refractivity contribution >= 4 is 13.7 Å². The van der Waals surface area contributed by atoms with E-state index in [0.717, 1.165) is 44.9 Å². The second-order valence-corrected chi connectivity index (χ2v) is 17.9. The molecule has 318 valence electrons. The van der Waals surface area contributed by atoms with Crippen LogP contribution in [-0.4, -0.2) is 73.4 Å². The predicted octanol–water partition coefficient (Wildman–Crippen LogP) is 12.3. The summed E-state index contributed by atoms with van der Waals surface area (Å²) in [6.45, 7) is 4.73. The van der Waals surface area contributed by atoms with E-state index in [2.05, 4.69) is 43.5 Å². The first kappa shape index (κ1) is 52.7. The van der Waals surface area contributed by atoms with Gasteiger partial charge in [-0.05, 0) is 44.9 Å². The van der Waals surface area contributed by atoms with Crippen LogP contribution in [0, 0.1) is 0 Å². The number of aliphatic hydroxyl groups is 1. The number of unbranched alkanes of at least 4 members (excludes halogenated alkanes) is 23. The zero-order chi connectivity index (χ0) is 40.0. The van der Waals surface area contributed by atoms with Gasteiger partial charge in [-0.3, -0.25) is 13.8 Å². The summed E-state index contributed by atoms with van der Waals surface area (Å²) in [7, 11) is 1.54. The van der Waals surface area contributed by atoms with Crippen molar-refractivity contribution in [2.75, 3.05) is 40.9 Å². The van der Waals surface area contributed by atoms with Crippen molar-refractivity contribution < 1.29 is 32.9 Å². The minimum Gasteiger partial charge on any atom is -0.387 e. The average molecular weight is 784 g/mol. The van der Waals surface area contributed by atoms with Crippen LogP contribution < -0.4 is 5.32 Å². The van der Waals surface area contributed by atoms with Gasteiger partial charge < -0.3 is 19.8 Å². The Balaban J connectivity index is 4.27. The molecule has 1 amide bonds. The fourth-order valence-electron chi connectivity index (χ4n) is 6.25. The van der Waals surface area contributed by atoms with Crippen LogP contribution in [0.15, 0.2) is 36.5 Å². The first-order valence-electron chi connectivity index (χ1n) is 22.4. The monoisotopic (exact) mass is 784 g/mol. The van der Waals surface area contributed by atoms with E-state index < -0.39 is 20.0 Å². The average Bonchev–Trinajstić information content (AvgIpc) is 3.12. The van der Waals surface area contributed by atoms with E-state index in [1.165, 1.54) is 128 Å². The van der Waals surface area contributed by atoms with Gasteiger partial charge in [0, 0.05) is 6.42 Å². The molecule has 0 saturated carbocycles.